The molecule has 2 rings (SSSR count). The van der Waals surface area contributed by atoms with Crippen molar-refractivity contribution in [3.8, 4) is 0 Å². The van der Waals surface area contributed by atoms with E-state index in [1.54, 1.807) is 0 Å². The Bertz CT molecular complexity index is 384. The Morgan fingerprint density at radius 1 is 1.39 bits per heavy atom. The molecule has 0 bridgehead atoms. The molecule has 0 saturated carbocycles. The average molecular weight is 277 g/mol. The molecule has 5 nitrogen and oxygen atoms in total. The van der Waals surface area contributed by atoms with Gasteiger partial charge in [0.25, 0.3) is 0 Å². The molecule has 0 spiro atoms. The van der Waals surface area contributed by atoms with E-state index in [9.17, 15) is 8.42 Å². The average Bonchev–Trinajstić information content (AvgIpc) is 2.64. The van der Waals surface area contributed by atoms with Crippen molar-refractivity contribution in [1.29, 1.82) is 0 Å². The van der Waals surface area contributed by atoms with Crippen LogP contribution in [0, 0.1) is 0 Å². The van der Waals surface area contributed by atoms with Gasteiger partial charge in [-0.2, -0.15) is 0 Å². The Labute approximate surface area is 109 Å². The molecule has 2 heterocycles. The fourth-order valence-corrected chi connectivity index (χ4v) is 4.81. The Hall–Kier alpha value is -0.170. The van der Waals surface area contributed by atoms with Crippen molar-refractivity contribution in [2.75, 3.05) is 18.9 Å². The van der Waals surface area contributed by atoms with Gasteiger partial charge in [-0.05, 0) is 32.7 Å². The van der Waals surface area contributed by atoms with Crippen LogP contribution in [0.3, 0.4) is 0 Å². The van der Waals surface area contributed by atoms with E-state index >= 15 is 0 Å². The first-order valence-corrected chi connectivity index (χ1v) is 8.40. The molecular weight excluding hydrogens is 254 g/mol. The van der Waals surface area contributed by atoms with E-state index in [1.165, 1.54) is 0 Å². The molecule has 0 aromatic heterocycles. The molecule has 2 N–H and O–H groups in total. The minimum absolute atomic E-state index is 0.00583. The van der Waals surface area contributed by atoms with Crippen LogP contribution in [0.5, 0.6) is 0 Å². The first-order valence-electron chi connectivity index (χ1n) is 6.69. The van der Waals surface area contributed by atoms with Crippen LogP contribution in [-0.2, 0) is 19.3 Å². The van der Waals surface area contributed by atoms with Gasteiger partial charge in [0.15, 0.2) is 15.6 Å². The van der Waals surface area contributed by atoms with E-state index < -0.39 is 15.6 Å². The van der Waals surface area contributed by atoms with Crippen LogP contribution < -0.4 is 5.73 Å². The fourth-order valence-electron chi connectivity index (χ4n) is 2.79. The zero-order valence-corrected chi connectivity index (χ0v) is 11.7. The zero-order valence-electron chi connectivity index (χ0n) is 10.9. The summed E-state index contributed by atoms with van der Waals surface area (Å²) in [6.45, 7) is 2.92. The Morgan fingerprint density at radius 2 is 2.17 bits per heavy atom. The summed E-state index contributed by atoms with van der Waals surface area (Å²) < 4.78 is 35.5. The third-order valence-corrected chi connectivity index (χ3v) is 6.07. The molecule has 18 heavy (non-hydrogen) atoms. The van der Waals surface area contributed by atoms with Crippen LogP contribution in [0.1, 0.15) is 39.0 Å². The van der Waals surface area contributed by atoms with E-state index in [1.807, 2.05) is 6.92 Å². The van der Waals surface area contributed by atoms with E-state index in [-0.39, 0.29) is 11.4 Å². The minimum Gasteiger partial charge on any atom is -0.347 e. The fraction of sp³-hybridized carbons (Fsp3) is 1.00. The van der Waals surface area contributed by atoms with E-state index in [4.69, 9.17) is 15.2 Å². The van der Waals surface area contributed by atoms with Crippen molar-refractivity contribution in [2.24, 2.45) is 5.73 Å². The van der Waals surface area contributed by atoms with E-state index in [0.717, 1.165) is 25.7 Å². The molecule has 6 heteroatoms. The first-order chi connectivity index (χ1) is 8.45. The van der Waals surface area contributed by atoms with Gasteiger partial charge < -0.3 is 15.2 Å². The van der Waals surface area contributed by atoms with Crippen LogP contribution in [0.4, 0.5) is 0 Å². The number of hydrogen-bond acceptors (Lipinski definition) is 5. The van der Waals surface area contributed by atoms with Gasteiger partial charge in [-0.3, -0.25) is 0 Å². The van der Waals surface area contributed by atoms with Gasteiger partial charge in [-0.15, -0.1) is 0 Å². The summed E-state index contributed by atoms with van der Waals surface area (Å²) in [7, 11) is -2.96. The van der Waals surface area contributed by atoms with Gasteiger partial charge in [0.1, 0.15) is 0 Å². The molecule has 2 aliphatic rings. The maximum atomic E-state index is 12.0. The highest BCUT2D eigenvalue weighted by molar-refractivity contribution is 7.92. The largest absolute Gasteiger partial charge is 0.347 e. The van der Waals surface area contributed by atoms with E-state index in [2.05, 4.69) is 0 Å². The number of nitrogens with two attached hydrogens (primary N) is 1. The quantitative estimate of drug-likeness (QED) is 0.823. The third-order valence-electron chi connectivity index (χ3n) is 3.79. The lowest BCUT2D eigenvalue weighted by atomic mass is 10.1. The molecule has 0 aromatic carbocycles. The van der Waals surface area contributed by atoms with Crippen molar-refractivity contribution >= 4 is 9.84 Å². The molecule has 3 unspecified atom stereocenters. The lowest BCUT2D eigenvalue weighted by molar-refractivity contribution is -0.158. The van der Waals surface area contributed by atoms with Gasteiger partial charge in [0.05, 0.1) is 23.7 Å². The SMILES string of the molecule is CC1(CC2CCCCS2(=O)=O)OCC(CCN)O1. The van der Waals surface area contributed by atoms with E-state index in [0.29, 0.717) is 25.3 Å². The van der Waals surface area contributed by atoms with Gasteiger partial charge in [0, 0.05) is 6.42 Å². The lowest BCUT2D eigenvalue weighted by Gasteiger charge is -2.30. The monoisotopic (exact) mass is 277 g/mol. The summed E-state index contributed by atoms with van der Waals surface area (Å²) in [4.78, 5) is 0. The normalized spacial score (nSPS) is 39.9. The number of ether oxygens (including phenoxy) is 2. The van der Waals surface area contributed by atoms with Crippen LogP contribution in [0.2, 0.25) is 0 Å². The first kappa shape index (κ1) is 14.2. The summed E-state index contributed by atoms with van der Waals surface area (Å²) in [5.41, 5.74) is 5.49. The number of hydrogen-bond donors (Lipinski definition) is 1. The highest BCUT2D eigenvalue weighted by atomic mass is 32.2. The van der Waals surface area contributed by atoms with Crippen molar-refractivity contribution < 1.29 is 17.9 Å². The summed E-state index contributed by atoms with van der Waals surface area (Å²) in [5, 5.41) is -0.312. The molecule has 2 fully saturated rings. The summed E-state index contributed by atoms with van der Waals surface area (Å²) in [6.07, 6.45) is 3.70. The molecule has 0 aliphatic carbocycles. The molecule has 0 radical (unpaired) electrons. The molecule has 2 aliphatic heterocycles. The molecule has 0 aromatic rings. The minimum atomic E-state index is -2.96. The highest BCUT2D eigenvalue weighted by Crippen LogP contribution is 2.34. The second kappa shape index (κ2) is 5.45. The van der Waals surface area contributed by atoms with Crippen LogP contribution in [0.25, 0.3) is 0 Å². The van der Waals surface area contributed by atoms with Gasteiger partial charge >= 0.3 is 0 Å². The predicted molar refractivity (Wildman–Crippen MR) is 68.9 cm³/mol. The number of rotatable bonds is 4. The molecule has 2 saturated heterocycles. The van der Waals surface area contributed by atoms with Crippen molar-refractivity contribution in [3.05, 3.63) is 0 Å². The Morgan fingerprint density at radius 3 is 2.83 bits per heavy atom. The standard InChI is InChI=1S/C12H23NO4S/c1-12(16-9-10(17-12)5-6-13)8-11-4-2-3-7-18(11,14)15/h10-11H,2-9,13H2,1H3. The highest BCUT2D eigenvalue weighted by Gasteiger charge is 2.42. The molecule has 0 amide bonds. The Kier molecular flexibility index (Phi) is 4.31. The second-order valence-corrected chi connectivity index (χ2v) is 7.85. The zero-order chi connectivity index (χ0) is 13.2. The molecule has 106 valence electrons. The maximum Gasteiger partial charge on any atom is 0.167 e. The van der Waals surface area contributed by atoms with Crippen LogP contribution in [0.15, 0.2) is 0 Å². The van der Waals surface area contributed by atoms with Crippen molar-refractivity contribution in [3.63, 3.8) is 0 Å². The third kappa shape index (κ3) is 3.23. The lowest BCUT2D eigenvalue weighted by Crippen LogP contribution is -2.38. The molecule has 3 atom stereocenters. The van der Waals surface area contributed by atoms with Crippen molar-refractivity contribution in [1.82, 2.24) is 0 Å². The predicted octanol–water partition coefficient (Wildman–Crippen LogP) is 0.824. The topological polar surface area (TPSA) is 78.6 Å². The van der Waals surface area contributed by atoms with Crippen molar-refractivity contribution in [2.45, 2.75) is 56.2 Å². The summed E-state index contributed by atoms with van der Waals surface area (Å²) in [6, 6.07) is 0. The van der Waals surface area contributed by atoms with Crippen LogP contribution in [-0.4, -0.2) is 44.5 Å². The van der Waals surface area contributed by atoms with Crippen LogP contribution >= 0.6 is 0 Å². The smallest absolute Gasteiger partial charge is 0.167 e. The van der Waals surface area contributed by atoms with Gasteiger partial charge in [-0.1, -0.05) is 6.42 Å². The molecular formula is C12H23NO4S. The van der Waals surface area contributed by atoms with Gasteiger partial charge in [0.2, 0.25) is 0 Å². The summed E-state index contributed by atoms with van der Waals surface area (Å²) in [5.74, 6) is -0.450. The van der Waals surface area contributed by atoms with Gasteiger partial charge in [-0.25, -0.2) is 8.42 Å². The number of sulfone groups is 1. The second-order valence-electron chi connectivity index (χ2n) is 5.45. The summed E-state index contributed by atoms with van der Waals surface area (Å²) >= 11 is 0. The maximum absolute atomic E-state index is 12.0. The Balaban J connectivity index is 1.96.